The molecule has 3 nitrogen and oxygen atoms in total. The van der Waals surface area contributed by atoms with Gasteiger partial charge in [-0.1, -0.05) is 28.1 Å². The zero-order valence-corrected chi connectivity index (χ0v) is 10.3. The van der Waals surface area contributed by atoms with Gasteiger partial charge in [0.1, 0.15) is 0 Å². The van der Waals surface area contributed by atoms with Gasteiger partial charge in [0, 0.05) is 11.0 Å². The molecule has 0 bridgehead atoms. The molecule has 0 aromatic heterocycles. The summed E-state index contributed by atoms with van der Waals surface area (Å²) in [6, 6.07) is 6.04. The van der Waals surface area contributed by atoms with Gasteiger partial charge < -0.3 is 15.6 Å². The maximum Gasteiger partial charge on any atom is 0.0959 e. The number of aliphatic hydroxyl groups excluding tert-OH is 1. The number of hydrogen-bond acceptors (Lipinski definition) is 3. The molecule has 0 saturated heterocycles. The van der Waals surface area contributed by atoms with Crippen LogP contribution in [0.4, 0.5) is 0 Å². The summed E-state index contributed by atoms with van der Waals surface area (Å²) in [5.41, 5.74) is 7.83. The van der Waals surface area contributed by atoms with Gasteiger partial charge in [-0.2, -0.15) is 0 Å². The van der Waals surface area contributed by atoms with E-state index in [1.807, 2.05) is 25.1 Å². The van der Waals surface area contributed by atoms with Crippen LogP contribution in [-0.2, 0) is 4.74 Å². The van der Waals surface area contributed by atoms with Gasteiger partial charge in [0.05, 0.1) is 19.3 Å². The van der Waals surface area contributed by atoms with Crippen molar-refractivity contribution >= 4 is 15.9 Å². The molecular weight excluding hydrogens is 258 g/mol. The predicted molar refractivity (Wildman–Crippen MR) is 63.7 cm³/mol. The second-order valence-electron chi connectivity index (χ2n) is 3.34. The molecule has 0 amide bonds. The van der Waals surface area contributed by atoms with E-state index in [0.29, 0.717) is 13.2 Å². The second-order valence-corrected chi connectivity index (χ2v) is 4.20. The fourth-order valence-corrected chi connectivity index (χ4v) is 2.12. The highest BCUT2D eigenvalue weighted by molar-refractivity contribution is 9.10. The van der Waals surface area contributed by atoms with Gasteiger partial charge in [-0.25, -0.2) is 0 Å². The van der Waals surface area contributed by atoms with E-state index in [1.54, 1.807) is 0 Å². The summed E-state index contributed by atoms with van der Waals surface area (Å²) in [7, 11) is 0. The molecule has 1 aromatic rings. The average molecular weight is 274 g/mol. The third-order valence-corrected chi connectivity index (χ3v) is 2.81. The van der Waals surface area contributed by atoms with Crippen LogP contribution < -0.4 is 5.73 Å². The van der Waals surface area contributed by atoms with E-state index in [2.05, 4.69) is 15.9 Å². The molecule has 4 heteroatoms. The minimum Gasteiger partial charge on any atom is -0.394 e. The van der Waals surface area contributed by atoms with E-state index in [-0.39, 0.29) is 12.7 Å². The number of ether oxygens (including phenoxy) is 1. The first-order valence-electron chi connectivity index (χ1n) is 4.87. The number of halogens is 1. The molecule has 0 fully saturated rings. The lowest BCUT2D eigenvalue weighted by molar-refractivity contribution is 0.0325. The van der Waals surface area contributed by atoms with Crippen LogP contribution in [0.25, 0.3) is 0 Å². The monoisotopic (exact) mass is 273 g/mol. The number of benzene rings is 1. The number of aliphatic hydroxyl groups is 1. The topological polar surface area (TPSA) is 55.5 Å². The molecule has 3 N–H and O–H groups in total. The molecule has 0 aliphatic heterocycles. The average Bonchev–Trinajstić information content (AvgIpc) is 2.21. The molecule has 1 unspecified atom stereocenters. The van der Waals surface area contributed by atoms with Crippen molar-refractivity contribution in [1.82, 2.24) is 0 Å². The van der Waals surface area contributed by atoms with Gasteiger partial charge in [0.15, 0.2) is 0 Å². The van der Waals surface area contributed by atoms with Crippen molar-refractivity contribution in [1.29, 1.82) is 0 Å². The molecule has 0 saturated carbocycles. The highest BCUT2D eigenvalue weighted by Crippen LogP contribution is 2.26. The lowest BCUT2D eigenvalue weighted by Crippen LogP contribution is -2.18. The molecule has 0 aliphatic carbocycles. The summed E-state index contributed by atoms with van der Waals surface area (Å²) >= 11 is 3.48. The molecular formula is C11H16BrNO2. The number of aryl methyl sites for hydroxylation is 1. The zero-order valence-electron chi connectivity index (χ0n) is 8.74. The van der Waals surface area contributed by atoms with Crippen LogP contribution in [0.1, 0.15) is 17.2 Å². The molecule has 0 heterocycles. The number of nitrogens with two attached hydrogens (primary N) is 1. The van der Waals surface area contributed by atoms with Crippen LogP contribution in [0.2, 0.25) is 0 Å². The van der Waals surface area contributed by atoms with Gasteiger partial charge in [-0.3, -0.25) is 0 Å². The Balaban J connectivity index is 2.81. The Labute approximate surface area is 98.4 Å². The van der Waals surface area contributed by atoms with E-state index in [4.69, 9.17) is 15.6 Å². The van der Waals surface area contributed by atoms with Crippen LogP contribution in [0.3, 0.4) is 0 Å². The summed E-state index contributed by atoms with van der Waals surface area (Å²) in [5, 5.41) is 8.69. The van der Waals surface area contributed by atoms with Crippen molar-refractivity contribution in [2.75, 3.05) is 19.8 Å². The van der Waals surface area contributed by atoms with E-state index < -0.39 is 0 Å². The zero-order chi connectivity index (χ0) is 11.3. The molecule has 0 spiro atoms. The smallest absolute Gasteiger partial charge is 0.0959 e. The van der Waals surface area contributed by atoms with Crippen molar-refractivity contribution in [2.24, 2.45) is 5.73 Å². The summed E-state index contributed by atoms with van der Waals surface area (Å²) in [5.74, 6) is 0. The van der Waals surface area contributed by atoms with Crippen molar-refractivity contribution < 1.29 is 9.84 Å². The lowest BCUT2D eigenvalue weighted by atomic mass is 10.1. The van der Waals surface area contributed by atoms with Crippen molar-refractivity contribution in [3.05, 3.63) is 33.8 Å². The third kappa shape index (κ3) is 3.57. The SMILES string of the molecule is Cc1ccc(C(CN)OCCO)c(Br)c1. The standard InChI is InChI=1S/C11H16BrNO2/c1-8-2-3-9(10(12)6-8)11(7-13)15-5-4-14/h2-3,6,11,14H,4-5,7,13H2,1H3. The maximum atomic E-state index is 8.69. The number of rotatable bonds is 5. The van der Waals surface area contributed by atoms with Crippen LogP contribution in [0.5, 0.6) is 0 Å². The first-order valence-corrected chi connectivity index (χ1v) is 5.67. The fraction of sp³-hybridized carbons (Fsp3) is 0.455. The Morgan fingerprint density at radius 2 is 2.27 bits per heavy atom. The van der Waals surface area contributed by atoms with Crippen molar-refractivity contribution in [2.45, 2.75) is 13.0 Å². The van der Waals surface area contributed by atoms with Gasteiger partial charge in [-0.05, 0) is 24.1 Å². The van der Waals surface area contributed by atoms with Crippen LogP contribution in [0, 0.1) is 6.92 Å². The minimum absolute atomic E-state index is 0.0139. The molecule has 15 heavy (non-hydrogen) atoms. The van der Waals surface area contributed by atoms with Crippen LogP contribution in [0.15, 0.2) is 22.7 Å². The van der Waals surface area contributed by atoms with Crippen molar-refractivity contribution in [3.63, 3.8) is 0 Å². The summed E-state index contributed by atoms with van der Waals surface area (Å²) in [6.07, 6.45) is -0.160. The highest BCUT2D eigenvalue weighted by Gasteiger charge is 2.12. The van der Waals surface area contributed by atoms with E-state index in [1.165, 1.54) is 5.56 Å². The highest BCUT2D eigenvalue weighted by atomic mass is 79.9. The quantitative estimate of drug-likeness (QED) is 0.860. The number of hydrogen-bond donors (Lipinski definition) is 2. The Bertz CT molecular complexity index is 317. The Hall–Kier alpha value is -0.420. The van der Waals surface area contributed by atoms with Crippen LogP contribution >= 0.6 is 15.9 Å². The van der Waals surface area contributed by atoms with E-state index >= 15 is 0 Å². The molecule has 1 rings (SSSR count). The summed E-state index contributed by atoms with van der Waals surface area (Å²) in [6.45, 7) is 2.75. The summed E-state index contributed by atoms with van der Waals surface area (Å²) < 4.78 is 6.44. The van der Waals surface area contributed by atoms with E-state index in [0.717, 1.165) is 10.0 Å². The fourth-order valence-electron chi connectivity index (χ4n) is 1.37. The first-order chi connectivity index (χ1) is 7.19. The van der Waals surface area contributed by atoms with Crippen LogP contribution in [-0.4, -0.2) is 24.9 Å². The second kappa shape index (κ2) is 6.23. The minimum atomic E-state index is -0.160. The molecule has 0 radical (unpaired) electrons. The Morgan fingerprint density at radius 3 is 2.80 bits per heavy atom. The maximum absolute atomic E-state index is 8.69. The largest absolute Gasteiger partial charge is 0.394 e. The first kappa shape index (κ1) is 12.6. The Kier molecular flexibility index (Phi) is 5.25. The van der Waals surface area contributed by atoms with Gasteiger partial charge in [0.25, 0.3) is 0 Å². The normalized spacial score (nSPS) is 12.8. The lowest BCUT2D eigenvalue weighted by Gasteiger charge is -2.17. The van der Waals surface area contributed by atoms with Gasteiger partial charge >= 0.3 is 0 Å². The van der Waals surface area contributed by atoms with Crippen molar-refractivity contribution in [3.8, 4) is 0 Å². The van der Waals surface area contributed by atoms with Gasteiger partial charge in [-0.15, -0.1) is 0 Å². The third-order valence-electron chi connectivity index (χ3n) is 2.13. The Morgan fingerprint density at radius 1 is 1.53 bits per heavy atom. The molecule has 1 atom stereocenters. The van der Waals surface area contributed by atoms with E-state index in [9.17, 15) is 0 Å². The molecule has 84 valence electrons. The predicted octanol–water partition coefficient (Wildman–Crippen LogP) is 1.77. The summed E-state index contributed by atoms with van der Waals surface area (Å²) in [4.78, 5) is 0. The molecule has 0 aliphatic rings. The molecule has 1 aromatic carbocycles. The van der Waals surface area contributed by atoms with Gasteiger partial charge in [0.2, 0.25) is 0 Å².